The van der Waals surface area contributed by atoms with Gasteiger partial charge in [0.1, 0.15) is 0 Å². The first kappa shape index (κ1) is 13.8. The Morgan fingerprint density at radius 3 is 2.62 bits per heavy atom. The maximum Gasteiger partial charge on any atom is 0.337 e. The van der Waals surface area contributed by atoms with Gasteiger partial charge in [0.15, 0.2) is 0 Å². The van der Waals surface area contributed by atoms with Gasteiger partial charge in [-0.2, -0.15) is 0 Å². The van der Waals surface area contributed by atoms with Crippen molar-refractivity contribution in [2.45, 2.75) is 19.8 Å². The molecular weight excluding hydrogens is 282 g/mol. The van der Waals surface area contributed by atoms with Crippen molar-refractivity contribution in [1.82, 2.24) is 4.98 Å². The van der Waals surface area contributed by atoms with Crippen LogP contribution in [0.15, 0.2) is 42.5 Å². The van der Waals surface area contributed by atoms with E-state index in [4.69, 9.17) is 0 Å². The van der Waals surface area contributed by atoms with Crippen molar-refractivity contribution in [3.8, 4) is 10.6 Å². The Morgan fingerprint density at radius 2 is 1.95 bits per heavy atom. The normalized spacial score (nSPS) is 11.2. The summed E-state index contributed by atoms with van der Waals surface area (Å²) >= 11 is 1.68. The van der Waals surface area contributed by atoms with Crippen LogP contribution in [-0.4, -0.2) is 16.1 Å². The Bertz CT molecular complexity index is 788. The number of carboxylic acids is 1. The zero-order chi connectivity index (χ0) is 15.0. The Kier molecular flexibility index (Phi) is 3.47. The Morgan fingerprint density at radius 1 is 1.19 bits per heavy atom. The fraction of sp³-hybridized carbons (Fsp3) is 0.176. The average Bonchev–Trinajstić information content (AvgIpc) is 2.90. The second kappa shape index (κ2) is 5.30. The van der Waals surface area contributed by atoms with Crippen molar-refractivity contribution in [1.29, 1.82) is 0 Å². The first-order chi connectivity index (χ1) is 10.1. The largest absolute Gasteiger partial charge is 0.478 e. The molecule has 0 unspecified atom stereocenters. The fourth-order valence-corrected chi connectivity index (χ4v) is 3.37. The summed E-state index contributed by atoms with van der Waals surface area (Å²) in [7, 11) is 0. The number of aromatic carboxylic acids is 1. The number of fused-ring (bicyclic) bond motifs is 1. The van der Waals surface area contributed by atoms with E-state index in [0.29, 0.717) is 5.69 Å². The Labute approximate surface area is 126 Å². The molecule has 1 N–H and O–H groups in total. The Balaban J connectivity index is 2.14. The minimum atomic E-state index is -0.922. The number of nitrogens with zero attached hydrogens (tertiary/aromatic N) is 1. The molecule has 3 nitrogen and oxygen atoms in total. The van der Waals surface area contributed by atoms with Crippen molar-refractivity contribution in [3.05, 3.63) is 53.7 Å². The fourth-order valence-electron chi connectivity index (χ4n) is 2.34. The third-order valence-corrected chi connectivity index (χ3v) is 4.52. The standard InChI is InChI=1S/C17H15NO2S/c1-10(2)16-12(17(19)20)7-8-13(18-16)15-9-11-5-3-4-6-14(11)21-15/h3-10H,1-2H3,(H,19,20). The first-order valence-corrected chi connectivity index (χ1v) is 7.61. The number of carbonyl (C=O) groups is 1. The smallest absolute Gasteiger partial charge is 0.337 e. The van der Waals surface area contributed by atoms with Gasteiger partial charge in [-0.25, -0.2) is 4.79 Å². The van der Waals surface area contributed by atoms with Crippen LogP contribution in [0.2, 0.25) is 0 Å². The first-order valence-electron chi connectivity index (χ1n) is 6.79. The molecule has 0 fully saturated rings. The van der Waals surface area contributed by atoms with Crippen molar-refractivity contribution < 1.29 is 9.90 Å². The zero-order valence-electron chi connectivity index (χ0n) is 11.8. The minimum Gasteiger partial charge on any atom is -0.478 e. The molecule has 0 aliphatic rings. The van der Waals surface area contributed by atoms with Crippen molar-refractivity contribution in [2.75, 3.05) is 0 Å². The third kappa shape index (κ3) is 2.54. The Hall–Kier alpha value is -2.20. The molecule has 0 radical (unpaired) electrons. The quantitative estimate of drug-likeness (QED) is 0.756. The second-order valence-electron chi connectivity index (χ2n) is 5.24. The zero-order valence-corrected chi connectivity index (χ0v) is 12.6. The SMILES string of the molecule is CC(C)c1nc(-c2cc3ccccc3s2)ccc1C(=O)O. The van der Waals surface area contributed by atoms with Crippen molar-refractivity contribution in [3.63, 3.8) is 0 Å². The third-order valence-electron chi connectivity index (χ3n) is 3.38. The maximum absolute atomic E-state index is 11.3. The van der Waals surface area contributed by atoms with E-state index in [1.54, 1.807) is 23.5 Å². The lowest BCUT2D eigenvalue weighted by molar-refractivity contribution is 0.0694. The maximum atomic E-state index is 11.3. The van der Waals surface area contributed by atoms with Crippen molar-refractivity contribution >= 4 is 27.4 Å². The van der Waals surface area contributed by atoms with E-state index in [-0.39, 0.29) is 11.5 Å². The number of hydrogen-bond donors (Lipinski definition) is 1. The van der Waals surface area contributed by atoms with Gasteiger partial charge < -0.3 is 5.11 Å². The molecular formula is C17H15NO2S. The van der Waals surface area contributed by atoms with Gasteiger partial charge in [-0.1, -0.05) is 32.0 Å². The molecule has 3 aromatic rings. The van der Waals surface area contributed by atoms with E-state index < -0.39 is 5.97 Å². The topological polar surface area (TPSA) is 50.2 Å². The van der Waals surface area contributed by atoms with Gasteiger partial charge in [-0.05, 0) is 35.6 Å². The van der Waals surface area contributed by atoms with Crippen LogP contribution in [0.25, 0.3) is 20.7 Å². The summed E-state index contributed by atoms with van der Waals surface area (Å²) in [6.07, 6.45) is 0. The van der Waals surface area contributed by atoms with Gasteiger partial charge in [0, 0.05) is 4.70 Å². The van der Waals surface area contributed by atoms with Gasteiger partial charge in [-0.3, -0.25) is 4.98 Å². The number of rotatable bonds is 3. The molecule has 106 valence electrons. The summed E-state index contributed by atoms with van der Waals surface area (Å²) in [5.74, 6) is -0.848. The van der Waals surface area contributed by atoms with Crippen LogP contribution in [-0.2, 0) is 0 Å². The number of benzene rings is 1. The second-order valence-corrected chi connectivity index (χ2v) is 6.32. The van der Waals surface area contributed by atoms with E-state index in [1.807, 2.05) is 26.0 Å². The van der Waals surface area contributed by atoms with Gasteiger partial charge in [0.05, 0.1) is 21.8 Å². The molecule has 0 saturated heterocycles. The summed E-state index contributed by atoms with van der Waals surface area (Å²) < 4.78 is 1.21. The minimum absolute atomic E-state index is 0.0745. The van der Waals surface area contributed by atoms with Crippen molar-refractivity contribution in [2.24, 2.45) is 0 Å². The highest BCUT2D eigenvalue weighted by molar-refractivity contribution is 7.22. The number of hydrogen-bond acceptors (Lipinski definition) is 3. The van der Waals surface area contributed by atoms with Gasteiger partial charge in [0.2, 0.25) is 0 Å². The molecule has 3 rings (SSSR count). The highest BCUT2D eigenvalue weighted by Crippen LogP contribution is 2.33. The molecule has 4 heteroatoms. The molecule has 21 heavy (non-hydrogen) atoms. The summed E-state index contributed by atoms with van der Waals surface area (Å²) in [5, 5.41) is 10.4. The predicted octanol–water partition coefficient (Wildman–Crippen LogP) is 4.78. The van der Waals surface area contributed by atoms with E-state index in [1.165, 1.54) is 10.1 Å². The van der Waals surface area contributed by atoms with Crippen LogP contribution < -0.4 is 0 Å². The van der Waals surface area contributed by atoms with E-state index in [0.717, 1.165) is 10.6 Å². The summed E-state index contributed by atoms with van der Waals surface area (Å²) in [6.45, 7) is 3.92. The van der Waals surface area contributed by atoms with Crippen LogP contribution in [0, 0.1) is 0 Å². The summed E-state index contributed by atoms with van der Waals surface area (Å²) in [5.41, 5.74) is 1.76. The predicted molar refractivity (Wildman–Crippen MR) is 86.1 cm³/mol. The molecule has 0 saturated carbocycles. The van der Waals surface area contributed by atoms with Gasteiger partial charge in [0.25, 0.3) is 0 Å². The number of thiophene rings is 1. The van der Waals surface area contributed by atoms with Crippen LogP contribution in [0.1, 0.15) is 35.8 Å². The number of aromatic nitrogens is 1. The molecule has 0 aliphatic heterocycles. The van der Waals surface area contributed by atoms with E-state index in [9.17, 15) is 9.90 Å². The highest BCUT2D eigenvalue weighted by atomic mass is 32.1. The number of pyridine rings is 1. The lowest BCUT2D eigenvalue weighted by atomic mass is 10.0. The van der Waals surface area contributed by atoms with Crippen LogP contribution >= 0.6 is 11.3 Å². The molecule has 2 aromatic heterocycles. The van der Waals surface area contributed by atoms with Crippen LogP contribution in [0.3, 0.4) is 0 Å². The lowest BCUT2D eigenvalue weighted by Gasteiger charge is -2.10. The molecule has 0 bridgehead atoms. The van der Waals surface area contributed by atoms with Gasteiger partial charge >= 0.3 is 5.97 Å². The number of carboxylic acid groups (broad SMARTS) is 1. The molecule has 0 spiro atoms. The molecule has 2 heterocycles. The monoisotopic (exact) mass is 297 g/mol. The molecule has 1 aromatic carbocycles. The summed E-state index contributed by atoms with van der Waals surface area (Å²) in [4.78, 5) is 16.9. The molecule has 0 amide bonds. The van der Waals surface area contributed by atoms with Crippen LogP contribution in [0.5, 0.6) is 0 Å². The van der Waals surface area contributed by atoms with Crippen LogP contribution in [0.4, 0.5) is 0 Å². The molecule has 0 aliphatic carbocycles. The highest BCUT2D eigenvalue weighted by Gasteiger charge is 2.16. The van der Waals surface area contributed by atoms with Gasteiger partial charge in [-0.15, -0.1) is 11.3 Å². The van der Waals surface area contributed by atoms with E-state index >= 15 is 0 Å². The summed E-state index contributed by atoms with van der Waals surface area (Å²) in [6, 6.07) is 13.7. The average molecular weight is 297 g/mol. The molecule has 0 atom stereocenters. The lowest BCUT2D eigenvalue weighted by Crippen LogP contribution is -2.06. The van der Waals surface area contributed by atoms with E-state index in [2.05, 4.69) is 23.2 Å².